The summed E-state index contributed by atoms with van der Waals surface area (Å²) in [5, 5.41) is 0.803. The van der Waals surface area contributed by atoms with Gasteiger partial charge < -0.3 is 0 Å². The molecule has 0 aliphatic rings. The van der Waals surface area contributed by atoms with Crippen LogP contribution in [0, 0.1) is 6.92 Å². The second-order valence-electron chi connectivity index (χ2n) is 4.19. The Hall–Kier alpha value is -1.27. The van der Waals surface area contributed by atoms with E-state index in [1.807, 2.05) is 32.0 Å². The Morgan fingerprint density at radius 3 is 2.00 bits per heavy atom. The molecule has 0 heterocycles. The zero-order chi connectivity index (χ0) is 13.5. The van der Waals surface area contributed by atoms with Crippen LogP contribution in [0.2, 0.25) is 5.02 Å². The van der Waals surface area contributed by atoms with Gasteiger partial charge in [0.15, 0.2) is 0 Å². The van der Waals surface area contributed by atoms with Crippen LogP contribution in [0.1, 0.15) is 43.4 Å². The molecule has 0 aliphatic heterocycles. The van der Waals surface area contributed by atoms with Gasteiger partial charge in [-0.05, 0) is 30.2 Å². The standard InChI is InChI=1S/C15H15Cl.C2H6/c1-11-5-3-6-13(9-11)12(2)14-7-4-8-15(16)10-14;1-2/h3-10,12H,1-2H3;1-2H3. The van der Waals surface area contributed by atoms with Gasteiger partial charge in [-0.1, -0.05) is 74.3 Å². The van der Waals surface area contributed by atoms with Gasteiger partial charge in [0.1, 0.15) is 0 Å². The van der Waals surface area contributed by atoms with Crippen molar-refractivity contribution in [3.05, 3.63) is 70.2 Å². The van der Waals surface area contributed by atoms with Crippen LogP contribution in [0.25, 0.3) is 0 Å². The maximum atomic E-state index is 6.01. The molecule has 1 heteroatoms. The van der Waals surface area contributed by atoms with Crippen molar-refractivity contribution < 1.29 is 0 Å². The summed E-state index contributed by atoms with van der Waals surface area (Å²) in [5.41, 5.74) is 3.90. The highest BCUT2D eigenvalue weighted by atomic mass is 35.5. The molecule has 2 aromatic rings. The predicted octanol–water partition coefficient (Wildman–Crippen LogP) is 5.83. The van der Waals surface area contributed by atoms with Crippen molar-refractivity contribution in [2.45, 2.75) is 33.6 Å². The van der Waals surface area contributed by atoms with Crippen LogP contribution in [-0.4, -0.2) is 0 Å². The zero-order valence-electron chi connectivity index (χ0n) is 11.6. The van der Waals surface area contributed by atoms with Gasteiger partial charge in [0, 0.05) is 10.9 Å². The van der Waals surface area contributed by atoms with Crippen molar-refractivity contribution >= 4 is 11.6 Å². The lowest BCUT2D eigenvalue weighted by molar-refractivity contribution is 0.920. The SMILES string of the molecule is CC.Cc1cccc(C(C)c2cccc(Cl)c2)c1. The molecule has 2 rings (SSSR count). The van der Waals surface area contributed by atoms with E-state index >= 15 is 0 Å². The van der Waals surface area contributed by atoms with E-state index in [-0.39, 0.29) is 0 Å². The third kappa shape index (κ3) is 3.89. The maximum Gasteiger partial charge on any atom is 0.0408 e. The lowest BCUT2D eigenvalue weighted by Crippen LogP contribution is -1.96. The molecule has 0 saturated carbocycles. The largest absolute Gasteiger partial charge is 0.0843 e. The van der Waals surface area contributed by atoms with Crippen molar-refractivity contribution in [1.82, 2.24) is 0 Å². The molecule has 0 fully saturated rings. The van der Waals surface area contributed by atoms with Gasteiger partial charge in [-0.2, -0.15) is 0 Å². The number of hydrogen-bond acceptors (Lipinski definition) is 0. The second-order valence-corrected chi connectivity index (χ2v) is 4.63. The van der Waals surface area contributed by atoms with E-state index in [1.165, 1.54) is 16.7 Å². The van der Waals surface area contributed by atoms with E-state index in [2.05, 4.69) is 44.2 Å². The van der Waals surface area contributed by atoms with Gasteiger partial charge >= 0.3 is 0 Å². The fraction of sp³-hybridized carbons (Fsp3) is 0.294. The average Bonchev–Trinajstić information content (AvgIpc) is 2.40. The topological polar surface area (TPSA) is 0 Å². The molecule has 96 valence electrons. The Bertz CT molecular complexity index is 443. The molecule has 0 N–H and O–H groups in total. The summed E-state index contributed by atoms with van der Waals surface area (Å²) in [6.45, 7) is 8.33. The molecular formula is C17H21Cl. The smallest absolute Gasteiger partial charge is 0.0408 e. The molecule has 0 amide bonds. The van der Waals surface area contributed by atoms with E-state index in [1.54, 1.807) is 0 Å². The van der Waals surface area contributed by atoms with Crippen LogP contribution in [-0.2, 0) is 0 Å². The van der Waals surface area contributed by atoms with E-state index in [0.29, 0.717) is 5.92 Å². The Kier molecular flexibility index (Phi) is 5.94. The van der Waals surface area contributed by atoms with Crippen molar-refractivity contribution in [3.8, 4) is 0 Å². The highest BCUT2D eigenvalue weighted by Gasteiger charge is 2.08. The molecule has 1 atom stereocenters. The third-order valence-corrected chi connectivity index (χ3v) is 3.13. The van der Waals surface area contributed by atoms with E-state index in [4.69, 9.17) is 11.6 Å². The average molecular weight is 261 g/mol. The second kappa shape index (κ2) is 7.23. The fourth-order valence-electron chi connectivity index (χ4n) is 1.91. The van der Waals surface area contributed by atoms with Crippen molar-refractivity contribution in [2.24, 2.45) is 0 Å². The molecule has 1 unspecified atom stereocenters. The van der Waals surface area contributed by atoms with Crippen LogP contribution >= 0.6 is 11.6 Å². The van der Waals surface area contributed by atoms with Crippen LogP contribution in [0.5, 0.6) is 0 Å². The molecule has 0 bridgehead atoms. The first-order valence-electron chi connectivity index (χ1n) is 6.49. The van der Waals surface area contributed by atoms with Gasteiger partial charge in [-0.15, -0.1) is 0 Å². The van der Waals surface area contributed by atoms with E-state index in [9.17, 15) is 0 Å². The molecule has 0 spiro atoms. The monoisotopic (exact) mass is 260 g/mol. The Morgan fingerprint density at radius 1 is 0.889 bits per heavy atom. The van der Waals surface area contributed by atoms with E-state index in [0.717, 1.165) is 5.02 Å². The predicted molar refractivity (Wildman–Crippen MR) is 81.5 cm³/mol. The lowest BCUT2D eigenvalue weighted by Gasteiger charge is -2.13. The minimum Gasteiger partial charge on any atom is -0.0843 e. The summed E-state index contributed by atoms with van der Waals surface area (Å²) in [7, 11) is 0. The summed E-state index contributed by atoms with van der Waals surface area (Å²) in [4.78, 5) is 0. The molecule has 2 aromatic carbocycles. The van der Waals surface area contributed by atoms with Crippen molar-refractivity contribution in [3.63, 3.8) is 0 Å². The number of halogens is 1. The molecule has 0 aromatic heterocycles. The van der Waals surface area contributed by atoms with Crippen molar-refractivity contribution in [1.29, 1.82) is 0 Å². The highest BCUT2D eigenvalue weighted by Crippen LogP contribution is 2.26. The molecule has 0 radical (unpaired) electrons. The first-order valence-corrected chi connectivity index (χ1v) is 6.86. The van der Waals surface area contributed by atoms with Crippen LogP contribution in [0.4, 0.5) is 0 Å². The fourth-order valence-corrected chi connectivity index (χ4v) is 2.11. The van der Waals surface area contributed by atoms with Gasteiger partial charge in [0.2, 0.25) is 0 Å². The van der Waals surface area contributed by atoms with Gasteiger partial charge in [-0.25, -0.2) is 0 Å². The summed E-state index contributed by atoms with van der Waals surface area (Å²) in [5.74, 6) is 0.388. The molecule has 0 saturated heterocycles. The molecular weight excluding hydrogens is 240 g/mol. The lowest BCUT2D eigenvalue weighted by atomic mass is 9.92. The van der Waals surface area contributed by atoms with Gasteiger partial charge in [0.05, 0.1) is 0 Å². The Labute approximate surface area is 116 Å². The summed E-state index contributed by atoms with van der Waals surface area (Å²) < 4.78 is 0. The Balaban J connectivity index is 0.000000771. The number of rotatable bonds is 2. The normalized spacial score (nSPS) is 11.4. The minimum atomic E-state index is 0.388. The van der Waals surface area contributed by atoms with Crippen LogP contribution in [0.3, 0.4) is 0 Å². The van der Waals surface area contributed by atoms with Crippen LogP contribution in [0.15, 0.2) is 48.5 Å². The first kappa shape index (κ1) is 14.8. The Morgan fingerprint density at radius 2 is 1.44 bits per heavy atom. The number of benzene rings is 2. The maximum absolute atomic E-state index is 6.01. The third-order valence-electron chi connectivity index (χ3n) is 2.89. The van der Waals surface area contributed by atoms with Gasteiger partial charge in [0.25, 0.3) is 0 Å². The molecule has 0 aliphatic carbocycles. The van der Waals surface area contributed by atoms with Crippen molar-refractivity contribution in [2.75, 3.05) is 0 Å². The number of aryl methyl sites for hydroxylation is 1. The number of hydrogen-bond donors (Lipinski definition) is 0. The highest BCUT2D eigenvalue weighted by molar-refractivity contribution is 6.30. The quantitative estimate of drug-likeness (QED) is 0.638. The van der Waals surface area contributed by atoms with Gasteiger partial charge in [-0.3, -0.25) is 0 Å². The summed E-state index contributed by atoms with van der Waals surface area (Å²) in [6.07, 6.45) is 0. The molecule has 0 nitrogen and oxygen atoms in total. The first-order chi connectivity index (χ1) is 8.66. The minimum absolute atomic E-state index is 0.388. The zero-order valence-corrected chi connectivity index (χ0v) is 12.3. The summed E-state index contributed by atoms with van der Waals surface area (Å²) in [6, 6.07) is 16.7. The summed E-state index contributed by atoms with van der Waals surface area (Å²) >= 11 is 6.01. The molecule has 18 heavy (non-hydrogen) atoms. The van der Waals surface area contributed by atoms with E-state index < -0.39 is 0 Å². The van der Waals surface area contributed by atoms with Crippen LogP contribution < -0.4 is 0 Å².